The molecule has 1 unspecified atom stereocenters. The Kier molecular flexibility index (Phi) is 6.85. The minimum atomic E-state index is -0.866. The lowest BCUT2D eigenvalue weighted by Crippen LogP contribution is -2.29. The summed E-state index contributed by atoms with van der Waals surface area (Å²) >= 11 is 0. The van der Waals surface area contributed by atoms with Gasteiger partial charge in [-0.05, 0) is 98.3 Å². The van der Waals surface area contributed by atoms with Crippen molar-refractivity contribution < 1.29 is 28.9 Å². The summed E-state index contributed by atoms with van der Waals surface area (Å²) in [7, 11) is 1.55. The lowest BCUT2D eigenvalue weighted by molar-refractivity contribution is -0.132. The van der Waals surface area contributed by atoms with E-state index in [1.807, 2.05) is 45.0 Å². The third-order valence-electron chi connectivity index (χ3n) is 7.20. The fraction of sp³-hybridized carbons (Fsp3) is 0.290. The molecular weight excluding hydrogens is 482 g/mol. The quantitative estimate of drug-likeness (QED) is 0.260. The summed E-state index contributed by atoms with van der Waals surface area (Å²) in [4.78, 5) is 28.6. The summed E-state index contributed by atoms with van der Waals surface area (Å²) in [6.45, 7) is 6.88. The SMILES string of the molecule is CCOc1cc(C2/C(=C(\O)c3ccc4c(c3)CCCO4)C(=O)C(=O)N2c2ccc(C)c(C)c2)ccc1OC. The van der Waals surface area contributed by atoms with Gasteiger partial charge < -0.3 is 19.3 Å². The van der Waals surface area contributed by atoms with Gasteiger partial charge in [0.1, 0.15) is 11.5 Å². The number of Topliss-reactive ketones (excluding diaryl/α,β-unsaturated/α-hetero) is 1. The number of amides is 1. The van der Waals surface area contributed by atoms with Crippen molar-refractivity contribution in [1.82, 2.24) is 0 Å². The average molecular weight is 514 g/mol. The maximum absolute atomic E-state index is 13.6. The fourth-order valence-electron chi connectivity index (χ4n) is 5.08. The molecule has 2 aliphatic heterocycles. The maximum atomic E-state index is 13.6. The molecule has 1 saturated heterocycles. The third-order valence-corrected chi connectivity index (χ3v) is 7.20. The van der Waals surface area contributed by atoms with Crippen molar-refractivity contribution in [1.29, 1.82) is 0 Å². The van der Waals surface area contributed by atoms with Crippen LogP contribution in [0.15, 0.2) is 60.2 Å². The van der Waals surface area contributed by atoms with E-state index in [4.69, 9.17) is 14.2 Å². The summed E-state index contributed by atoms with van der Waals surface area (Å²) in [5, 5.41) is 11.6. The van der Waals surface area contributed by atoms with E-state index in [2.05, 4.69) is 0 Å². The van der Waals surface area contributed by atoms with E-state index in [1.54, 1.807) is 37.4 Å². The molecule has 0 radical (unpaired) electrons. The van der Waals surface area contributed by atoms with Crippen molar-refractivity contribution in [2.45, 2.75) is 39.7 Å². The van der Waals surface area contributed by atoms with Gasteiger partial charge in [0, 0.05) is 11.3 Å². The Morgan fingerprint density at radius 1 is 1.03 bits per heavy atom. The zero-order valence-corrected chi connectivity index (χ0v) is 22.0. The van der Waals surface area contributed by atoms with Gasteiger partial charge in [0.25, 0.3) is 11.7 Å². The van der Waals surface area contributed by atoms with Gasteiger partial charge in [0.2, 0.25) is 0 Å². The van der Waals surface area contributed by atoms with Gasteiger partial charge in [-0.2, -0.15) is 0 Å². The number of anilines is 1. The van der Waals surface area contributed by atoms with Gasteiger partial charge in [-0.1, -0.05) is 12.1 Å². The summed E-state index contributed by atoms with van der Waals surface area (Å²) in [5.74, 6) is 0.138. The van der Waals surface area contributed by atoms with Crippen molar-refractivity contribution in [3.05, 3.63) is 88.0 Å². The van der Waals surface area contributed by atoms with Crippen LogP contribution in [0.3, 0.4) is 0 Å². The normalized spacial score (nSPS) is 18.2. The molecular formula is C31H31NO6. The van der Waals surface area contributed by atoms with Crippen LogP contribution >= 0.6 is 0 Å². The molecule has 1 atom stereocenters. The number of methoxy groups -OCH3 is 1. The molecule has 3 aromatic rings. The van der Waals surface area contributed by atoms with Crippen molar-refractivity contribution in [3.63, 3.8) is 0 Å². The second kappa shape index (κ2) is 10.2. The Morgan fingerprint density at radius 2 is 1.84 bits per heavy atom. The molecule has 0 saturated carbocycles. The van der Waals surface area contributed by atoms with Gasteiger partial charge in [-0.15, -0.1) is 0 Å². The highest BCUT2D eigenvalue weighted by Gasteiger charge is 2.47. The van der Waals surface area contributed by atoms with Crippen molar-refractivity contribution in [2.24, 2.45) is 0 Å². The van der Waals surface area contributed by atoms with Gasteiger partial charge in [-0.3, -0.25) is 14.5 Å². The number of aryl methyl sites for hydroxylation is 3. The molecule has 0 bridgehead atoms. The highest BCUT2D eigenvalue weighted by atomic mass is 16.5. The maximum Gasteiger partial charge on any atom is 0.300 e. The number of aliphatic hydroxyl groups is 1. The predicted octanol–water partition coefficient (Wildman–Crippen LogP) is 5.66. The average Bonchev–Trinajstić information content (AvgIpc) is 3.19. The monoisotopic (exact) mass is 513 g/mol. The standard InChI is InChI=1S/C31H31NO6/c1-5-37-26-17-21(9-13-25(26)36-4)28-27(29(33)22-10-12-24-20(16-22)7-6-14-38-24)30(34)31(35)32(28)23-11-8-18(2)19(3)15-23/h8-13,15-17,28,33H,5-7,14H2,1-4H3/b29-27+. The van der Waals surface area contributed by atoms with E-state index in [1.165, 1.54) is 4.90 Å². The van der Waals surface area contributed by atoms with E-state index >= 15 is 0 Å². The highest BCUT2D eigenvalue weighted by molar-refractivity contribution is 6.51. The van der Waals surface area contributed by atoms with Gasteiger partial charge in [0.05, 0.1) is 31.9 Å². The van der Waals surface area contributed by atoms with Crippen LogP contribution in [-0.2, 0) is 16.0 Å². The van der Waals surface area contributed by atoms with Gasteiger partial charge in [0.15, 0.2) is 11.5 Å². The molecule has 5 rings (SSSR count). The number of ether oxygens (including phenoxy) is 3. The number of benzene rings is 3. The Bertz CT molecular complexity index is 1460. The number of hydrogen-bond donors (Lipinski definition) is 1. The van der Waals surface area contributed by atoms with E-state index in [-0.39, 0.29) is 11.3 Å². The lowest BCUT2D eigenvalue weighted by atomic mass is 9.93. The summed E-state index contributed by atoms with van der Waals surface area (Å²) < 4.78 is 17.0. The number of ketones is 1. The number of aliphatic hydroxyl groups excluding tert-OH is 1. The first-order valence-electron chi connectivity index (χ1n) is 12.8. The van der Waals surface area contributed by atoms with Crippen molar-refractivity contribution in [3.8, 4) is 17.2 Å². The summed E-state index contributed by atoms with van der Waals surface area (Å²) in [6.07, 6.45) is 1.69. The van der Waals surface area contributed by atoms with Gasteiger partial charge >= 0.3 is 0 Å². The molecule has 1 amide bonds. The minimum absolute atomic E-state index is 0.0255. The topological polar surface area (TPSA) is 85.3 Å². The van der Waals surface area contributed by atoms with Crippen LogP contribution in [0.2, 0.25) is 0 Å². The van der Waals surface area contributed by atoms with Crippen LogP contribution in [0, 0.1) is 13.8 Å². The highest BCUT2D eigenvalue weighted by Crippen LogP contribution is 2.44. The molecule has 7 heteroatoms. The number of hydrogen-bond acceptors (Lipinski definition) is 6. The Morgan fingerprint density at radius 3 is 2.58 bits per heavy atom. The molecule has 2 heterocycles. The van der Waals surface area contributed by atoms with Crippen LogP contribution < -0.4 is 19.1 Å². The van der Waals surface area contributed by atoms with Crippen LogP contribution in [0.1, 0.15) is 47.2 Å². The molecule has 1 N–H and O–H groups in total. The van der Waals surface area contributed by atoms with Crippen LogP contribution in [-0.4, -0.2) is 37.1 Å². The Labute approximate surface area is 222 Å². The second-order valence-electron chi connectivity index (χ2n) is 9.56. The van der Waals surface area contributed by atoms with Crippen molar-refractivity contribution >= 4 is 23.1 Å². The Balaban J connectivity index is 1.72. The predicted molar refractivity (Wildman–Crippen MR) is 145 cm³/mol. The van der Waals surface area contributed by atoms with E-state index < -0.39 is 17.7 Å². The zero-order chi connectivity index (χ0) is 27.0. The lowest BCUT2D eigenvalue weighted by Gasteiger charge is -2.27. The molecule has 7 nitrogen and oxygen atoms in total. The zero-order valence-electron chi connectivity index (χ0n) is 22.0. The molecule has 0 aliphatic carbocycles. The minimum Gasteiger partial charge on any atom is -0.507 e. The number of carbonyl (C=O) groups excluding carboxylic acids is 2. The number of fused-ring (bicyclic) bond motifs is 1. The largest absolute Gasteiger partial charge is 0.507 e. The number of nitrogens with zero attached hydrogens (tertiary/aromatic N) is 1. The molecule has 2 aliphatic rings. The first-order chi connectivity index (χ1) is 18.3. The summed E-state index contributed by atoms with van der Waals surface area (Å²) in [6, 6.07) is 15.4. The molecule has 3 aromatic carbocycles. The molecule has 196 valence electrons. The van der Waals surface area contributed by atoms with Crippen molar-refractivity contribution in [2.75, 3.05) is 25.2 Å². The number of carbonyl (C=O) groups is 2. The smallest absolute Gasteiger partial charge is 0.300 e. The second-order valence-corrected chi connectivity index (χ2v) is 9.56. The first kappa shape index (κ1) is 25.4. The first-order valence-corrected chi connectivity index (χ1v) is 12.8. The molecule has 0 spiro atoms. The van der Waals surface area contributed by atoms with E-state index in [0.717, 1.165) is 35.3 Å². The fourth-order valence-corrected chi connectivity index (χ4v) is 5.08. The molecule has 0 aromatic heterocycles. The number of rotatable bonds is 6. The summed E-state index contributed by atoms with van der Waals surface area (Å²) in [5.41, 5.74) is 4.71. The molecule has 38 heavy (non-hydrogen) atoms. The van der Waals surface area contributed by atoms with Crippen LogP contribution in [0.25, 0.3) is 5.76 Å². The van der Waals surface area contributed by atoms with Gasteiger partial charge in [-0.25, -0.2) is 0 Å². The van der Waals surface area contributed by atoms with Crippen LogP contribution in [0.5, 0.6) is 17.2 Å². The molecule has 1 fully saturated rings. The van der Waals surface area contributed by atoms with E-state index in [9.17, 15) is 14.7 Å². The van der Waals surface area contributed by atoms with E-state index in [0.29, 0.717) is 41.5 Å². The van der Waals surface area contributed by atoms with Crippen LogP contribution in [0.4, 0.5) is 5.69 Å². The third kappa shape index (κ3) is 4.38. The Hall–Kier alpha value is -4.26.